The second-order valence-electron chi connectivity index (χ2n) is 3.80. The fraction of sp³-hybridized carbons (Fsp3) is 1.00. The Balaban J connectivity index is 2.66. The van der Waals surface area contributed by atoms with E-state index < -0.39 is 5.41 Å². The zero-order valence-electron chi connectivity index (χ0n) is 7.37. The van der Waals surface area contributed by atoms with Gasteiger partial charge in [-0.05, 0) is 18.8 Å². The fourth-order valence-corrected chi connectivity index (χ4v) is 2.13. The lowest BCUT2D eigenvalue weighted by Crippen LogP contribution is -2.42. The molecule has 3 N–H and O–H groups in total. The maximum atomic E-state index is 9.17. The molecule has 0 radical (unpaired) electrons. The summed E-state index contributed by atoms with van der Waals surface area (Å²) in [6.07, 6.45) is 3.92. The van der Waals surface area contributed by atoms with Crippen LogP contribution >= 0.6 is 0 Å². The van der Waals surface area contributed by atoms with Crippen molar-refractivity contribution < 1.29 is 15.3 Å². The third-order valence-corrected chi connectivity index (χ3v) is 3.19. The van der Waals surface area contributed by atoms with E-state index in [0.29, 0.717) is 0 Å². The molecule has 3 heteroatoms. The molecule has 0 spiro atoms. The van der Waals surface area contributed by atoms with Crippen LogP contribution in [0.5, 0.6) is 0 Å². The van der Waals surface area contributed by atoms with Crippen molar-refractivity contribution in [3.63, 3.8) is 0 Å². The van der Waals surface area contributed by atoms with Gasteiger partial charge >= 0.3 is 0 Å². The Morgan fingerprint density at radius 2 is 1.75 bits per heavy atom. The molecular formula is C9H18O3. The highest BCUT2D eigenvalue weighted by Gasteiger charge is 2.39. The maximum absolute atomic E-state index is 9.17. The lowest BCUT2D eigenvalue weighted by molar-refractivity contribution is -0.0445. The van der Waals surface area contributed by atoms with E-state index in [4.69, 9.17) is 5.11 Å². The van der Waals surface area contributed by atoms with Crippen molar-refractivity contribution in [3.05, 3.63) is 0 Å². The van der Waals surface area contributed by atoms with Crippen LogP contribution in [-0.2, 0) is 0 Å². The first kappa shape index (κ1) is 9.96. The summed E-state index contributed by atoms with van der Waals surface area (Å²) >= 11 is 0. The molecule has 0 aromatic heterocycles. The van der Waals surface area contributed by atoms with Gasteiger partial charge in [0.25, 0.3) is 0 Å². The van der Waals surface area contributed by atoms with Crippen molar-refractivity contribution in [2.24, 2.45) is 11.3 Å². The minimum Gasteiger partial charge on any atom is -0.396 e. The summed E-state index contributed by atoms with van der Waals surface area (Å²) in [5, 5.41) is 27.4. The lowest BCUT2D eigenvalue weighted by Gasteiger charge is -2.40. The fourth-order valence-electron chi connectivity index (χ4n) is 2.13. The Hall–Kier alpha value is -0.120. The van der Waals surface area contributed by atoms with Crippen molar-refractivity contribution in [1.29, 1.82) is 0 Å². The minimum atomic E-state index is -0.410. The van der Waals surface area contributed by atoms with Gasteiger partial charge in [0.2, 0.25) is 0 Å². The van der Waals surface area contributed by atoms with Gasteiger partial charge in [-0.15, -0.1) is 0 Å². The smallest absolute Gasteiger partial charge is 0.0512 e. The summed E-state index contributed by atoms with van der Waals surface area (Å²) in [5.41, 5.74) is -0.410. The molecular weight excluding hydrogens is 156 g/mol. The first-order valence-corrected chi connectivity index (χ1v) is 4.61. The molecule has 1 fully saturated rings. The Labute approximate surface area is 73.0 Å². The van der Waals surface area contributed by atoms with Crippen molar-refractivity contribution in [2.75, 3.05) is 19.8 Å². The Kier molecular flexibility index (Phi) is 3.50. The quantitative estimate of drug-likeness (QED) is 0.570. The topological polar surface area (TPSA) is 60.7 Å². The standard InChI is InChI=1S/C9H18O3/c10-5-8-3-1-2-4-9(8,6-11)7-12/h8,10-12H,1-7H2. The van der Waals surface area contributed by atoms with Gasteiger partial charge in [-0.2, -0.15) is 0 Å². The van der Waals surface area contributed by atoms with Crippen LogP contribution in [0, 0.1) is 11.3 Å². The normalized spacial score (nSPS) is 28.8. The molecule has 72 valence electrons. The third-order valence-electron chi connectivity index (χ3n) is 3.19. The molecule has 0 bridgehead atoms. The predicted molar refractivity (Wildman–Crippen MR) is 45.6 cm³/mol. The predicted octanol–water partition coefficient (Wildman–Crippen LogP) is 0.140. The van der Waals surface area contributed by atoms with E-state index >= 15 is 0 Å². The highest BCUT2D eigenvalue weighted by Crippen LogP contribution is 2.40. The lowest BCUT2D eigenvalue weighted by atomic mass is 9.67. The van der Waals surface area contributed by atoms with E-state index in [1.54, 1.807) is 0 Å². The van der Waals surface area contributed by atoms with E-state index in [1.165, 1.54) is 0 Å². The van der Waals surface area contributed by atoms with Gasteiger partial charge in [-0.25, -0.2) is 0 Å². The average Bonchev–Trinajstić information content (AvgIpc) is 2.17. The average molecular weight is 174 g/mol. The molecule has 3 nitrogen and oxygen atoms in total. The number of hydrogen-bond acceptors (Lipinski definition) is 3. The van der Waals surface area contributed by atoms with Crippen LogP contribution in [0.15, 0.2) is 0 Å². The van der Waals surface area contributed by atoms with E-state index in [9.17, 15) is 10.2 Å². The molecule has 0 amide bonds. The van der Waals surface area contributed by atoms with E-state index in [1.807, 2.05) is 0 Å². The Morgan fingerprint density at radius 1 is 1.08 bits per heavy atom. The van der Waals surface area contributed by atoms with E-state index in [0.717, 1.165) is 25.7 Å². The van der Waals surface area contributed by atoms with E-state index in [-0.39, 0.29) is 25.7 Å². The van der Waals surface area contributed by atoms with Gasteiger partial charge in [0.15, 0.2) is 0 Å². The zero-order valence-corrected chi connectivity index (χ0v) is 7.37. The van der Waals surface area contributed by atoms with Gasteiger partial charge in [-0.1, -0.05) is 12.8 Å². The summed E-state index contributed by atoms with van der Waals surface area (Å²) in [5.74, 6) is 0.0845. The summed E-state index contributed by atoms with van der Waals surface area (Å²) < 4.78 is 0. The van der Waals surface area contributed by atoms with Crippen LogP contribution in [0.4, 0.5) is 0 Å². The summed E-state index contributed by atoms with van der Waals surface area (Å²) in [6, 6.07) is 0. The molecule has 12 heavy (non-hydrogen) atoms. The Bertz CT molecular complexity index is 132. The number of aliphatic hydroxyl groups is 3. The summed E-state index contributed by atoms with van der Waals surface area (Å²) in [7, 11) is 0. The molecule has 1 aliphatic rings. The molecule has 1 saturated carbocycles. The van der Waals surface area contributed by atoms with Crippen LogP contribution in [-0.4, -0.2) is 35.1 Å². The molecule has 0 saturated heterocycles. The van der Waals surface area contributed by atoms with Gasteiger partial charge in [0.1, 0.15) is 0 Å². The maximum Gasteiger partial charge on any atom is 0.0512 e. The number of rotatable bonds is 3. The molecule has 0 heterocycles. The monoisotopic (exact) mass is 174 g/mol. The van der Waals surface area contributed by atoms with Crippen molar-refractivity contribution in [1.82, 2.24) is 0 Å². The largest absolute Gasteiger partial charge is 0.396 e. The first-order valence-electron chi connectivity index (χ1n) is 4.61. The van der Waals surface area contributed by atoms with Crippen LogP contribution in [0.25, 0.3) is 0 Å². The second kappa shape index (κ2) is 4.21. The van der Waals surface area contributed by atoms with Crippen LogP contribution < -0.4 is 0 Å². The molecule has 1 aliphatic carbocycles. The van der Waals surface area contributed by atoms with Crippen LogP contribution in [0.1, 0.15) is 25.7 Å². The third kappa shape index (κ3) is 1.63. The minimum absolute atomic E-state index is 0.00523. The number of aliphatic hydroxyl groups excluding tert-OH is 3. The van der Waals surface area contributed by atoms with Gasteiger partial charge in [0.05, 0.1) is 13.2 Å². The first-order chi connectivity index (χ1) is 5.79. The second-order valence-corrected chi connectivity index (χ2v) is 3.80. The molecule has 0 aromatic rings. The molecule has 0 aromatic carbocycles. The summed E-state index contributed by atoms with van der Waals surface area (Å²) in [6.45, 7) is 0.0740. The summed E-state index contributed by atoms with van der Waals surface area (Å²) in [4.78, 5) is 0. The molecule has 1 unspecified atom stereocenters. The Morgan fingerprint density at radius 3 is 2.17 bits per heavy atom. The van der Waals surface area contributed by atoms with Crippen molar-refractivity contribution in [2.45, 2.75) is 25.7 Å². The number of hydrogen-bond donors (Lipinski definition) is 3. The van der Waals surface area contributed by atoms with Gasteiger partial charge in [0, 0.05) is 12.0 Å². The van der Waals surface area contributed by atoms with Crippen LogP contribution in [0.3, 0.4) is 0 Å². The highest BCUT2D eigenvalue weighted by molar-refractivity contribution is 4.88. The van der Waals surface area contributed by atoms with Gasteiger partial charge in [-0.3, -0.25) is 0 Å². The van der Waals surface area contributed by atoms with Gasteiger partial charge < -0.3 is 15.3 Å². The van der Waals surface area contributed by atoms with Crippen molar-refractivity contribution >= 4 is 0 Å². The molecule has 1 rings (SSSR count). The van der Waals surface area contributed by atoms with Crippen LogP contribution in [0.2, 0.25) is 0 Å². The molecule has 0 aliphatic heterocycles. The SMILES string of the molecule is OCC1CCCCC1(CO)CO. The molecule has 1 atom stereocenters. The van der Waals surface area contributed by atoms with Crippen molar-refractivity contribution in [3.8, 4) is 0 Å². The highest BCUT2D eigenvalue weighted by atomic mass is 16.3. The van der Waals surface area contributed by atoms with E-state index in [2.05, 4.69) is 0 Å². The zero-order chi connectivity index (χ0) is 9.03.